The van der Waals surface area contributed by atoms with Crippen molar-refractivity contribution in [3.63, 3.8) is 0 Å². The second-order valence-electron chi connectivity index (χ2n) is 7.81. The molecule has 0 bridgehead atoms. The maximum atomic E-state index is 14.1. The van der Waals surface area contributed by atoms with Crippen LogP contribution in [0.5, 0.6) is 5.75 Å². The Labute approximate surface area is 213 Å². The van der Waals surface area contributed by atoms with Crippen molar-refractivity contribution in [1.29, 1.82) is 0 Å². The fourth-order valence-corrected chi connectivity index (χ4v) is 4.54. The van der Waals surface area contributed by atoms with Crippen LogP contribution in [0.1, 0.15) is 53.5 Å². The van der Waals surface area contributed by atoms with Crippen molar-refractivity contribution in [2.75, 3.05) is 6.61 Å². The second kappa shape index (κ2) is 10.8. The molecule has 2 aromatic carbocycles. The second-order valence-corrected chi connectivity index (χ2v) is 9.13. The number of benzene rings is 2. The van der Waals surface area contributed by atoms with Crippen molar-refractivity contribution in [3.05, 3.63) is 91.9 Å². The van der Waals surface area contributed by atoms with Crippen molar-refractivity contribution in [2.45, 2.75) is 32.8 Å². The van der Waals surface area contributed by atoms with Gasteiger partial charge in [0.25, 0.3) is 0 Å². The predicted molar refractivity (Wildman–Crippen MR) is 131 cm³/mol. The molecule has 1 aliphatic carbocycles. The predicted octanol–water partition coefficient (Wildman–Crippen LogP) is 7.77. The quantitative estimate of drug-likeness (QED) is 0.217. The van der Waals surface area contributed by atoms with Gasteiger partial charge in [0.05, 0.1) is 22.9 Å². The Morgan fingerprint density at radius 3 is 2.57 bits per heavy atom. The molecule has 0 saturated carbocycles. The highest BCUT2D eigenvalue weighted by atomic mass is 79.9. The number of carbonyl (C=O) groups is 1. The maximum Gasteiger partial charge on any atom is 0.358 e. The van der Waals surface area contributed by atoms with Crippen LogP contribution in [0.4, 0.5) is 13.2 Å². The van der Waals surface area contributed by atoms with E-state index in [0.717, 1.165) is 34.2 Å². The van der Waals surface area contributed by atoms with Gasteiger partial charge in [-0.05, 0) is 79.8 Å². The van der Waals surface area contributed by atoms with E-state index in [4.69, 9.17) is 21.1 Å². The third-order valence-corrected chi connectivity index (χ3v) is 6.42. The van der Waals surface area contributed by atoms with Crippen molar-refractivity contribution < 1.29 is 27.4 Å². The summed E-state index contributed by atoms with van der Waals surface area (Å²) in [5.74, 6) is -3.54. The van der Waals surface area contributed by atoms with E-state index in [9.17, 15) is 18.0 Å². The number of aromatic nitrogens is 1. The smallest absolute Gasteiger partial charge is 0.358 e. The lowest BCUT2D eigenvalue weighted by atomic mass is 9.99. The summed E-state index contributed by atoms with van der Waals surface area (Å²) < 4.78 is 53.5. The summed E-state index contributed by atoms with van der Waals surface area (Å²) in [6.07, 6.45) is 2.23. The minimum Gasteiger partial charge on any atom is -0.488 e. The van der Waals surface area contributed by atoms with E-state index >= 15 is 0 Å². The van der Waals surface area contributed by atoms with Gasteiger partial charge in [-0.15, -0.1) is 0 Å². The highest BCUT2D eigenvalue weighted by Gasteiger charge is 2.24. The van der Waals surface area contributed by atoms with Crippen LogP contribution in [0.3, 0.4) is 0 Å². The molecule has 0 radical (unpaired) electrons. The molecule has 35 heavy (non-hydrogen) atoms. The molecule has 3 aromatic rings. The molecule has 0 spiro atoms. The molecule has 0 N–H and O–H groups in total. The van der Waals surface area contributed by atoms with Gasteiger partial charge in [-0.3, -0.25) is 0 Å². The Balaban J connectivity index is 1.73. The SMILES string of the molecule is CCOC(=O)c1nc(C2=C(c3cc(Br)ccc3OCc3c(F)ccc(F)c3F)CCC2)ccc1Cl. The molecular weight excluding hydrogens is 547 g/mol. The first-order chi connectivity index (χ1) is 16.8. The number of carbonyl (C=O) groups excluding carboxylic acids is 1. The number of hydrogen-bond acceptors (Lipinski definition) is 4. The normalized spacial score (nSPS) is 13.3. The van der Waals surface area contributed by atoms with Crippen LogP contribution in [-0.4, -0.2) is 17.6 Å². The van der Waals surface area contributed by atoms with E-state index in [1.165, 1.54) is 0 Å². The molecule has 1 aromatic heterocycles. The summed E-state index contributed by atoms with van der Waals surface area (Å²) in [6.45, 7) is 1.41. The Hall–Kier alpha value is -2.84. The van der Waals surface area contributed by atoms with Gasteiger partial charge in [0, 0.05) is 10.0 Å². The van der Waals surface area contributed by atoms with Gasteiger partial charge in [-0.25, -0.2) is 22.9 Å². The molecular formula is C26H20BrClF3NO3. The number of pyridine rings is 1. The van der Waals surface area contributed by atoms with Crippen LogP contribution in [0.25, 0.3) is 11.1 Å². The monoisotopic (exact) mass is 565 g/mol. The maximum absolute atomic E-state index is 14.1. The van der Waals surface area contributed by atoms with Crippen LogP contribution in [0.15, 0.2) is 46.9 Å². The van der Waals surface area contributed by atoms with Gasteiger partial charge in [0.1, 0.15) is 18.2 Å². The van der Waals surface area contributed by atoms with E-state index in [1.807, 2.05) is 6.07 Å². The number of hydrogen-bond donors (Lipinski definition) is 0. The van der Waals surface area contributed by atoms with Gasteiger partial charge < -0.3 is 9.47 Å². The summed E-state index contributed by atoms with van der Waals surface area (Å²) in [7, 11) is 0. The number of rotatable bonds is 7. The molecule has 9 heteroatoms. The number of nitrogens with zero attached hydrogens (tertiary/aromatic N) is 1. The van der Waals surface area contributed by atoms with E-state index in [2.05, 4.69) is 20.9 Å². The van der Waals surface area contributed by atoms with Gasteiger partial charge in [0.2, 0.25) is 0 Å². The van der Waals surface area contributed by atoms with Gasteiger partial charge in [0.15, 0.2) is 17.3 Å². The van der Waals surface area contributed by atoms with E-state index in [-0.39, 0.29) is 17.3 Å². The van der Waals surface area contributed by atoms with Crippen LogP contribution >= 0.6 is 27.5 Å². The molecule has 0 aliphatic heterocycles. The van der Waals surface area contributed by atoms with Crippen LogP contribution < -0.4 is 4.74 Å². The van der Waals surface area contributed by atoms with Crippen molar-refractivity contribution >= 4 is 44.6 Å². The molecule has 0 fully saturated rings. The number of esters is 1. The Morgan fingerprint density at radius 1 is 1.06 bits per heavy atom. The Morgan fingerprint density at radius 2 is 1.80 bits per heavy atom. The third-order valence-electron chi connectivity index (χ3n) is 5.62. The first kappa shape index (κ1) is 25.3. The molecule has 1 heterocycles. The topological polar surface area (TPSA) is 48.4 Å². The fraction of sp³-hybridized carbons (Fsp3) is 0.231. The highest BCUT2D eigenvalue weighted by Crippen LogP contribution is 2.43. The minimum absolute atomic E-state index is 0.0348. The molecule has 4 rings (SSSR count). The zero-order valence-electron chi connectivity index (χ0n) is 18.6. The number of allylic oxidation sites excluding steroid dienone is 2. The summed E-state index contributed by atoms with van der Waals surface area (Å²) in [5.41, 5.74) is 2.66. The molecule has 182 valence electrons. The minimum atomic E-state index is -1.28. The number of ether oxygens (including phenoxy) is 2. The van der Waals surface area contributed by atoms with Crippen molar-refractivity contribution in [2.24, 2.45) is 0 Å². The number of halogens is 5. The van der Waals surface area contributed by atoms with Crippen molar-refractivity contribution in [3.8, 4) is 5.75 Å². The Kier molecular flexibility index (Phi) is 7.82. The lowest BCUT2D eigenvalue weighted by Gasteiger charge is -2.16. The molecule has 0 atom stereocenters. The first-order valence-electron chi connectivity index (χ1n) is 10.9. The lowest BCUT2D eigenvalue weighted by molar-refractivity contribution is 0.0519. The summed E-state index contributed by atoms with van der Waals surface area (Å²) in [4.78, 5) is 16.8. The molecule has 0 saturated heterocycles. The lowest BCUT2D eigenvalue weighted by Crippen LogP contribution is -2.09. The largest absolute Gasteiger partial charge is 0.488 e. The molecule has 0 unspecified atom stereocenters. The van der Waals surface area contributed by atoms with Gasteiger partial charge in [-0.2, -0.15) is 0 Å². The summed E-state index contributed by atoms with van der Waals surface area (Å²) in [6, 6.07) is 10.2. The zero-order chi connectivity index (χ0) is 25.1. The van der Waals surface area contributed by atoms with E-state index in [0.29, 0.717) is 29.8 Å². The highest BCUT2D eigenvalue weighted by molar-refractivity contribution is 9.10. The first-order valence-corrected chi connectivity index (χ1v) is 12.1. The molecule has 0 amide bonds. The average molecular weight is 567 g/mol. The average Bonchev–Trinajstić information content (AvgIpc) is 3.32. The van der Waals surface area contributed by atoms with Crippen molar-refractivity contribution in [1.82, 2.24) is 4.98 Å². The zero-order valence-corrected chi connectivity index (χ0v) is 21.0. The van der Waals surface area contributed by atoms with Crippen LogP contribution in [-0.2, 0) is 11.3 Å². The standard InChI is InChI=1S/C26H20BrClF3NO3/c1-2-34-26(33)25-19(28)7-10-22(32-25)16-5-3-4-15(16)17-12-14(27)6-11-23(17)35-13-18-20(29)8-9-21(30)24(18)31/h6-12H,2-5,13H2,1H3. The summed E-state index contributed by atoms with van der Waals surface area (Å²) >= 11 is 9.64. The molecule has 4 nitrogen and oxygen atoms in total. The van der Waals surface area contributed by atoms with Crippen LogP contribution in [0, 0.1) is 17.5 Å². The van der Waals surface area contributed by atoms with E-state index < -0.39 is 35.6 Å². The molecule has 1 aliphatic rings. The fourth-order valence-electron chi connectivity index (χ4n) is 3.99. The van der Waals surface area contributed by atoms with Crippen LogP contribution in [0.2, 0.25) is 5.02 Å². The van der Waals surface area contributed by atoms with Gasteiger partial charge >= 0.3 is 5.97 Å². The summed E-state index contributed by atoms with van der Waals surface area (Å²) in [5, 5.41) is 0.193. The Bertz CT molecular complexity index is 1330. The third kappa shape index (κ3) is 5.38. The van der Waals surface area contributed by atoms with E-state index in [1.54, 1.807) is 31.2 Å². The van der Waals surface area contributed by atoms with Gasteiger partial charge in [-0.1, -0.05) is 27.5 Å².